The van der Waals surface area contributed by atoms with Crippen molar-refractivity contribution in [2.75, 3.05) is 39.8 Å². The maximum absolute atomic E-state index is 11.4. The second-order valence-corrected chi connectivity index (χ2v) is 6.27. The lowest BCUT2D eigenvalue weighted by Gasteiger charge is -2.32. The first kappa shape index (κ1) is 19.7. The molecule has 0 aromatic carbocycles. The highest BCUT2D eigenvalue weighted by atomic mass is 16.1. The van der Waals surface area contributed by atoms with E-state index in [4.69, 9.17) is 4.99 Å². The second kappa shape index (κ2) is 11.3. The van der Waals surface area contributed by atoms with Gasteiger partial charge in [-0.1, -0.05) is 26.7 Å². The first-order chi connectivity index (χ1) is 11.1. The Labute approximate surface area is 141 Å². The van der Waals surface area contributed by atoms with Crippen molar-refractivity contribution in [3.63, 3.8) is 0 Å². The number of aliphatic imine (C=N–C) groups is 1. The SMILES string of the molecule is CCNC(=NCC(CC)CC)NC1CCN(CC(=O)NC)CC1. The summed E-state index contributed by atoms with van der Waals surface area (Å²) in [5, 5.41) is 9.59. The molecule has 1 amide bonds. The number of hydrogen-bond acceptors (Lipinski definition) is 3. The third-order valence-electron chi connectivity index (χ3n) is 4.58. The Morgan fingerprint density at radius 2 is 1.87 bits per heavy atom. The Kier molecular flexibility index (Phi) is 9.67. The van der Waals surface area contributed by atoms with Gasteiger partial charge < -0.3 is 16.0 Å². The lowest BCUT2D eigenvalue weighted by atomic mass is 10.0. The molecule has 134 valence electrons. The third-order valence-corrected chi connectivity index (χ3v) is 4.58. The number of likely N-dealkylation sites (N-methyl/N-ethyl adjacent to an activating group) is 1. The summed E-state index contributed by atoms with van der Waals surface area (Å²) in [6.07, 6.45) is 4.45. The monoisotopic (exact) mass is 325 g/mol. The zero-order chi connectivity index (χ0) is 17.1. The van der Waals surface area contributed by atoms with Gasteiger partial charge in [0.15, 0.2) is 5.96 Å². The molecule has 1 saturated heterocycles. The quantitative estimate of drug-likeness (QED) is 0.463. The molecule has 6 heteroatoms. The van der Waals surface area contributed by atoms with Gasteiger partial charge in [0.1, 0.15) is 0 Å². The number of carbonyl (C=O) groups is 1. The van der Waals surface area contributed by atoms with Gasteiger partial charge in [-0.15, -0.1) is 0 Å². The van der Waals surface area contributed by atoms with Crippen LogP contribution in [0.3, 0.4) is 0 Å². The van der Waals surface area contributed by atoms with Gasteiger partial charge >= 0.3 is 0 Å². The van der Waals surface area contributed by atoms with Crippen LogP contribution in [0.15, 0.2) is 4.99 Å². The lowest BCUT2D eigenvalue weighted by Crippen LogP contribution is -2.50. The summed E-state index contributed by atoms with van der Waals surface area (Å²) in [5.41, 5.74) is 0. The average molecular weight is 326 g/mol. The fraction of sp³-hybridized carbons (Fsp3) is 0.882. The second-order valence-electron chi connectivity index (χ2n) is 6.27. The Bertz CT molecular complexity index is 360. The van der Waals surface area contributed by atoms with Crippen LogP contribution in [-0.2, 0) is 4.79 Å². The van der Waals surface area contributed by atoms with Crippen molar-refractivity contribution in [1.82, 2.24) is 20.9 Å². The normalized spacial score (nSPS) is 17.3. The summed E-state index contributed by atoms with van der Waals surface area (Å²) in [4.78, 5) is 18.4. The molecule has 0 radical (unpaired) electrons. The molecular weight excluding hydrogens is 290 g/mol. The molecule has 1 rings (SSSR count). The van der Waals surface area contributed by atoms with Gasteiger partial charge in [0.2, 0.25) is 5.91 Å². The predicted octanol–water partition coefficient (Wildman–Crippen LogP) is 1.19. The molecule has 1 heterocycles. The van der Waals surface area contributed by atoms with Crippen LogP contribution in [0.2, 0.25) is 0 Å². The van der Waals surface area contributed by atoms with Crippen molar-refractivity contribution in [3.8, 4) is 0 Å². The van der Waals surface area contributed by atoms with E-state index in [2.05, 4.69) is 41.6 Å². The summed E-state index contributed by atoms with van der Waals surface area (Å²) in [6.45, 7) is 10.7. The molecule has 0 spiro atoms. The van der Waals surface area contributed by atoms with Crippen molar-refractivity contribution in [3.05, 3.63) is 0 Å². The molecule has 1 aliphatic rings. The van der Waals surface area contributed by atoms with Crippen LogP contribution in [0.4, 0.5) is 0 Å². The number of guanidine groups is 1. The van der Waals surface area contributed by atoms with E-state index in [0.29, 0.717) is 18.5 Å². The highest BCUT2D eigenvalue weighted by Crippen LogP contribution is 2.10. The zero-order valence-electron chi connectivity index (χ0n) is 15.3. The van der Waals surface area contributed by atoms with Crippen LogP contribution in [0.25, 0.3) is 0 Å². The summed E-state index contributed by atoms with van der Waals surface area (Å²) >= 11 is 0. The number of likely N-dealkylation sites (tertiary alicyclic amines) is 1. The fourth-order valence-electron chi connectivity index (χ4n) is 2.80. The van der Waals surface area contributed by atoms with Crippen molar-refractivity contribution in [2.45, 2.75) is 52.5 Å². The highest BCUT2D eigenvalue weighted by molar-refractivity contribution is 5.80. The summed E-state index contributed by atoms with van der Waals surface area (Å²) in [5.74, 6) is 1.69. The number of piperidine rings is 1. The fourth-order valence-corrected chi connectivity index (χ4v) is 2.80. The zero-order valence-corrected chi connectivity index (χ0v) is 15.3. The topological polar surface area (TPSA) is 68.8 Å². The number of carbonyl (C=O) groups excluding carboxylic acids is 1. The van der Waals surface area contributed by atoms with Crippen molar-refractivity contribution < 1.29 is 4.79 Å². The molecule has 3 N–H and O–H groups in total. The van der Waals surface area contributed by atoms with Gasteiger partial charge in [0.05, 0.1) is 6.54 Å². The number of nitrogens with zero attached hydrogens (tertiary/aromatic N) is 2. The van der Waals surface area contributed by atoms with Gasteiger partial charge in [0, 0.05) is 39.3 Å². The molecule has 0 aromatic rings. The van der Waals surface area contributed by atoms with E-state index in [1.807, 2.05) is 0 Å². The largest absolute Gasteiger partial charge is 0.358 e. The number of hydrogen-bond donors (Lipinski definition) is 3. The Hall–Kier alpha value is -1.30. The van der Waals surface area contributed by atoms with Gasteiger partial charge in [-0.25, -0.2) is 0 Å². The molecular formula is C17H35N5O. The third kappa shape index (κ3) is 7.68. The lowest BCUT2D eigenvalue weighted by molar-refractivity contribution is -0.122. The predicted molar refractivity (Wildman–Crippen MR) is 96.7 cm³/mol. The first-order valence-corrected chi connectivity index (χ1v) is 9.10. The van der Waals surface area contributed by atoms with Crippen LogP contribution < -0.4 is 16.0 Å². The van der Waals surface area contributed by atoms with E-state index >= 15 is 0 Å². The average Bonchev–Trinajstić information content (AvgIpc) is 2.57. The minimum Gasteiger partial charge on any atom is -0.358 e. The van der Waals surface area contributed by atoms with Crippen LogP contribution in [0.1, 0.15) is 46.5 Å². The number of amides is 1. The molecule has 23 heavy (non-hydrogen) atoms. The Morgan fingerprint density at radius 1 is 1.22 bits per heavy atom. The molecule has 0 bridgehead atoms. The molecule has 0 unspecified atom stereocenters. The van der Waals surface area contributed by atoms with Crippen molar-refractivity contribution in [2.24, 2.45) is 10.9 Å². The number of rotatable bonds is 8. The van der Waals surface area contributed by atoms with Gasteiger partial charge in [0.25, 0.3) is 0 Å². The molecule has 0 atom stereocenters. The number of nitrogens with one attached hydrogen (secondary N) is 3. The van der Waals surface area contributed by atoms with Crippen LogP contribution in [0.5, 0.6) is 0 Å². The minimum absolute atomic E-state index is 0.0940. The Balaban J connectivity index is 2.43. The van der Waals surface area contributed by atoms with Gasteiger partial charge in [-0.2, -0.15) is 0 Å². The maximum Gasteiger partial charge on any atom is 0.233 e. The summed E-state index contributed by atoms with van der Waals surface area (Å²) < 4.78 is 0. The molecule has 0 saturated carbocycles. The van der Waals surface area contributed by atoms with E-state index in [1.165, 1.54) is 12.8 Å². The molecule has 1 fully saturated rings. The first-order valence-electron chi connectivity index (χ1n) is 9.10. The molecule has 6 nitrogen and oxygen atoms in total. The Morgan fingerprint density at radius 3 is 2.39 bits per heavy atom. The van der Waals surface area contributed by atoms with Gasteiger partial charge in [-0.3, -0.25) is 14.7 Å². The van der Waals surface area contributed by atoms with E-state index in [0.717, 1.165) is 45.0 Å². The van der Waals surface area contributed by atoms with Crippen molar-refractivity contribution in [1.29, 1.82) is 0 Å². The smallest absolute Gasteiger partial charge is 0.233 e. The standard InChI is InChI=1S/C17H35N5O/c1-5-14(6-2)12-20-17(19-7-3)21-15-8-10-22(11-9-15)13-16(23)18-4/h14-15H,5-13H2,1-4H3,(H,18,23)(H2,19,20,21). The van der Waals surface area contributed by atoms with E-state index in [9.17, 15) is 4.79 Å². The molecule has 1 aliphatic heterocycles. The van der Waals surface area contributed by atoms with Crippen LogP contribution in [0, 0.1) is 5.92 Å². The van der Waals surface area contributed by atoms with Crippen LogP contribution in [-0.4, -0.2) is 62.6 Å². The molecule has 0 aliphatic carbocycles. The summed E-state index contributed by atoms with van der Waals surface area (Å²) in [7, 11) is 1.69. The van der Waals surface area contributed by atoms with Crippen LogP contribution >= 0.6 is 0 Å². The van der Waals surface area contributed by atoms with E-state index < -0.39 is 0 Å². The minimum atomic E-state index is 0.0940. The van der Waals surface area contributed by atoms with E-state index in [1.54, 1.807) is 7.05 Å². The van der Waals surface area contributed by atoms with Crippen molar-refractivity contribution >= 4 is 11.9 Å². The van der Waals surface area contributed by atoms with E-state index in [-0.39, 0.29) is 5.91 Å². The van der Waals surface area contributed by atoms with Gasteiger partial charge in [-0.05, 0) is 25.7 Å². The molecule has 0 aromatic heterocycles. The summed E-state index contributed by atoms with van der Waals surface area (Å²) in [6, 6.07) is 0.440. The maximum atomic E-state index is 11.4. The highest BCUT2D eigenvalue weighted by Gasteiger charge is 2.21.